The number of amides is 1. The highest BCUT2D eigenvalue weighted by Gasteiger charge is 2.21. The minimum absolute atomic E-state index is 0.0871. The lowest BCUT2D eigenvalue weighted by molar-refractivity contribution is -0.0495. The van der Waals surface area contributed by atoms with Crippen molar-refractivity contribution in [2.24, 2.45) is 0 Å². The van der Waals surface area contributed by atoms with Crippen LogP contribution in [0.2, 0.25) is 0 Å². The molecule has 0 radical (unpaired) electrons. The van der Waals surface area contributed by atoms with Crippen molar-refractivity contribution in [1.82, 2.24) is 25.2 Å². The number of imidazole rings is 1. The average molecular weight is 550 g/mol. The summed E-state index contributed by atoms with van der Waals surface area (Å²) in [7, 11) is 1.53. The zero-order chi connectivity index (χ0) is 28.2. The molecule has 1 saturated heterocycles. The van der Waals surface area contributed by atoms with Crippen LogP contribution in [0.3, 0.4) is 0 Å². The number of nitrogens with one attached hydrogen (secondary N) is 3. The van der Waals surface area contributed by atoms with Crippen LogP contribution >= 0.6 is 0 Å². The maximum absolute atomic E-state index is 13.3. The van der Waals surface area contributed by atoms with Gasteiger partial charge in [-0.1, -0.05) is 6.58 Å². The van der Waals surface area contributed by atoms with Crippen molar-refractivity contribution in [2.45, 2.75) is 13.5 Å². The van der Waals surface area contributed by atoms with E-state index in [2.05, 4.69) is 37.1 Å². The van der Waals surface area contributed by atoms with Crippen molar-refractivity contribution >= 4 is 34.3 Å². The molecule has 40 heavy (non-hydrogen) atoms. The van der Waals surface area contributed by atoms with Crippen LogP contribution in [0.1, 0.15) is 17.4 Å². The van der Waals surface area contributed by atoms with Crippen LogP contribution in [0, 0.1) is 0 Å². The van der Waals surface area contributed by atoms with Gasteiger partial charge in [0, 0.05) is 69.0 Å². The molecule has 0 aliphatic carbocycles. The first-order chi connectivity index (χ1) is 19.3. The number of benzene rings is 2. The summed E-state index contributed by atoms with van der Waals surface area (Å²) in [5, 5.41) is 5.66. The first-order valence-electron chi connectivity index (χ1n) is 12.7. The van der Waals surface area contributed by atoms with Crippen LogP contribution in [0.4, 0.5) is 26.1 Å². The van der Waals surface area contributed by atoms with Gasteiger partial charge in [-0.15, -0.1) is 0 Å². The Bertz CT molecular complexity index is 1530. The number of aromatic amines is 1. The van der Waals surface area contributed by atoms with E-state index in [1.54, 1.807) is 48.5 Å². The number of piperazine rings is 1. The molecule has 0 atom stereocenters. The quantitative estimate of drug-likeness (QED) is 0.264. The lowest BCUT2D eigenvalue weighted by Crippen LogP contribution is -2.45. The monoisotopic (exact) mass is 549 g/mol. The number of halogens is 2. The fourth-order valence-electron chi connectivity index (χ4n) is 4.48. The number of pyridine rings is 1. The highest BCUT2D eigenvalue weighted by Crippen LogP contribution is 2.35. The van der Waals surface area contributed by atoms with Gasteiger partial charge >= 0.3 is 6.61 Å². The molecular weight excluding hydrogens is 520 g/mol. The average Bonchev–Trinajstić information content (AvgIpc) is 3.34. The van der Waals surface area contributed by atoms with Gasteiger partial charge in [-0.05, 0) is 37.3 Å². The number of hydrogen-bond acceptors (Lipinski definition) is 8. The van der Waals surface area contributed by atoms with Crippen LogP contribution in [0.15, 0.2) is 67.0 Å². The second kappa shape index (κ2) is 11.5. The number of ether oxygens (including phenoxy) is 2. The number of rotatable bonds is 9. The number of hydrogen-bond donors (Lipinski definition) is 3. The Hall–Kier alpha value is -4.87. The fourth-order valence-corrected chi connectivity index (χ4v) is 4.48. The lowest BCUT2D eigenvalue weighted by Gasteiger charge is -2.38. The van der Waals surface area contributed by atoms with Crippen molar-refractivity contribution in [3.05, 3.63) is 72.7 Å². The van der Waals surface area contributed by atoms with Crippen molar-refractivity contribution in [3.8, 4) is 17.2 Å². The third-order valence-corrected chi connectivity index (χ3v) is 6.48. The molecule has 4 aromatic rings. The van der Waals surface area contributed by atoms with Crippen molar-refractivity contribution in [3.63, 3.8) is 0 Å². The first kappa shape index (κ1) is 26.7. The number of allylic oxidation sites excluding steroid dienone is 1. The third kappa shape index (κ3) is 6.06. The molecule has 5 rings (SSSR count). The minimum atomic E-state index is -2.96. The maximum Gasteiger partial charge on any atom is 0.387 e. The summed E-state index contributed by atoms with van der Waals surface area (Å²) < 4.78 is 37.3. The number of carbonyl (C=O) groups excluding carboxylic acids is 1. The topological polar surface area (TPSA) is 108 Å². The van der Waals surface area contributed by atoms with Crippen LogP contribution in [0.5, 0.6) is 17.2 Å². The molecule has 2 aromatic carbocycles. The molecule has 12 heteroatoms. The number of carbonyl (C=O) groups is 1. The number of nitrogens with zero attached hydrogens (tertiary/aromatic N) is 4. The summed E-state index contributed by atoms with van der Waals surface area (Å²) in [4.78, 5) is 27.8. The van der Waals surface area contributed by atoms with Crippen LogP contribution in [-0.4, -0.2) is 65.6 Å². The van der Waals surface area contributed by atoms with E-state index in [-0.39, 0.29) is 17.4 Å². The van der Waals surface area contributed by atoms with Gasteiger partial charge < -0.3 is 34.9 Å². The van der Waals surface area contributed by atoms with E-state index in [0.717, 1.165) is 18.8 Å². The molecule has 3 heterocycles. The van der Waals surface area contributed by atoms with Gasteiger partial charge in [0.25, 0.3) is 5.91 Å². The van der Waals surface area contributed by atoms with Gasteiger partial charge in [-0.3, -0.25) is 9.78 Å². The summed E-state index contributed by atoms with van der Waals surface area (Å²) in [6.45, 7) is 5.82. The lowest BCUT2D eigenvalue weighted by atomic mass is 10.2. The van der Waals surface area contributed by atoms with Gasteiger partial charge in [-0.25, -0.2) is 4.98 Å². The Morgan fingerprint density at radius 1 is 1.07 bits per heavy atom. The van der Waals surface area contributed by atoms with Crippen LogP contribution in [0.25, 0.3) is 11.0 Å². The zero-order valence-electron chi connectivity index (χ0n) is 22.1. The van der Waals surface area contributed by atoms with E-state index in [4.69, 9.17) is 9.47 Å². The standard InChI is InChI=1S/C28H29F2N7O3/c1-17(2)36-10-12-37(13-11-36)24-7-4-18(14-25(24)40-27(29)30)33-28-34-21-6-5-19(15-22(21)35-28)39-20-8-9-32-23(16-20)26(38)31-3/h4-9,14-16,27H,1,10-13H2,2-3H3,(H,31,38)(H2,33,34,35). The number of alkyl halides is 2. The highest BCUT2D eigenvalue weighted by molar-refractivity contribution is 5.92. The number of aromatic nitrogens is 3. The number of fused-ring (bicyclic) bond motifs is 1. The molecule has 0 saturated carbocycles. The van der Waals surface area contributed by atoms with E-state index in [1.165, 1.54) is 13.2 Å². The van der Waals surface area contributed by atoms with E-state index in [9.17, 15) is 13.6 Å². The van der Waals surface area contributed by atoms with Crippen molar-refractivity contribution < 1.29 is 23.0 Å². The Balaban J connectivity index is 1.32. The van der Waals surface area contributed by atoms with Gasteiger partial charge in [0.1, 0.15) is 17.2 Å². The second-order valence-electron chi connectivity index (χ2n) is 9.22. The molecule has 0 unspecified atom stereocenters. The van der Waals surface area contributed by atoms with E-state index >= 15 is 0 Å². The molecule has 1 aliphatic heterocycles. The van der Waals surface area contributed by atoms with Crippen molar-refractivity contribution in [2.75, 3.05) is 43.4 Å². The van der Waals surface area contributed by atoms with Crippen LogP contribution < -0.4 is 25.0 Å². The van der Waals surface area contributed by atoms with Gasteiger partial charge in [0.2, 0.25) is 5.95 Å². The van der Waals surface area contributed by atoms with Crippen LogP contribution in [-0.2, 0) is 0 Å². The van der Waals surface area contributed by atoms with Gasteiger partial charge in [-0.2, -0.15) is 8.78 Å². The molecule has 1 aliphatic rings. The molecule has 10 nitrogen and oxygen atoms in total. The zero-order valence-corrected chi connectivity index (χ0v) is 22.1. The van der Waals surface area contributed by atoms with E-state index in [0.29, 0.717) is 52.9 Å². The fraction of sp³-hybridized carbons (Fsp3) is 0.250. The normalized spacial score (nSPS) is 13.4. The summed E-state index contributed by atoms with van der Waals surface area (Å²) in [6.07, 6.45) is 1.50. The predicted octanol–water partition coefficient (Wildman–Crippen LogP) is 5.11. The summed E-state index contributed by atoms with van der Waals surface area (Å²) in [6, 6.07) is 13.6. The largest absolute Gasteiger partial charge is 0.457 e. The Kier molecular flexibility index (Phi) is 7.67. The van der Waals surface area contributed by atoms with E-state index in [1.807, 2.05) is 11.8 Å². The summed E-state index contributed by atoms with van der Waals surface area (Å²) >= 11 is 0. The Morgan fingerprint density at radius 2 is 1.85 bits per heavy atom. The highest BCUT2D eigenvalue weighted by atomic mass is 19.3. The molecular formula is C28H29F2N7O3. The summed E-state index contributed by atoms with van der Waals surface area (Å²) in [5.41, 5.74) is 3.73. The molecule has 0 spiro atoms. The molecule has 3 N–H and O–H groups in total. The Morgan fingerprint density at radius 3 is 2.58 bits per heavy atom. The molecule has 2 aromatic heterocycles. The smallest absolute Gasteiger partial charge is 0.387 e. The van der Waals surface area contributed by atoms with Gasteiger partial charge in [0.15, 0.2) is 5.75 Å². The minimum Gasteiger partial charge on any atom is -0.457 e. The predicted molar refractivity (Wildman–Crippen MR) is 149 cm³/mol. The first-order valence-corrected chi connectivity index (χ1v) is 12.7. The van der Waals surface area contributed by atoms with Gasteiger partial charge in [0.05, 0.1) is 16.7 Å². The van der Waals surface area contributed by atoms with Crippen molar-refractivity contribution in [1.29, 1.82) is 0 Å². The molecule has 1 fully saturated rings. The number of anilines is 3. The molecule has 1 amide bonds. The summed E-state index contributed by atoms with van der Waals surface area (Å²) in [5.74, 6) is 1.18. The number of H-pyrrole nitrogens is 1. The maximum atomic E-state index is 13.3. The Labute approximate surface area is 229 Å². The molecule has 0 bridgehead atoms. The SMILES string of the molecule is C=C(C)N1CCN(c2ccc(Nc3nc4ccc(Oc5ccnc(C(=O)NC)c5)cc4[nH]3)cc2OC(F)F)CC1. The molecule has 208 valence electrons. The third-order valence-electron chi connectivity index (χ3n) is 6.48. The second-order valence-corrected chi connectivity index (χ2v) is 9.22. The van der Waals surface area contributed by atoms with E-state index < -0.39 is 6.61 Å².